The summed E-state index contributed by atoms with van der Waals surface area (Å²) in [6.07, 6.45) is 0. The summed E-state index contributed by atoms with van der Waals surface area (Å²) < 4.78 is 0.760. The number of anilines is 2. The van der Waals surface area contributed by atoms with Crippen molar-refractivity contribution in [2.75, 3.05) is 11.1 Å². The number of nitrogen functional groups attached to an aromatic ring is 1. The molecule has 0 saturated heterocycles. The van der Waals surface area contributed by atoms with Gasteiger partial charge in [0.05, 0.1) is 0 Å². The van der Waals surface area contributed by atoms with Crippen molar-refractivity contribution >= 4 is 44.8 Å². The second-order valence-electron chi connectivity index (χ2n) is 4.64. The van der Waals surface area contributed by atoms with Crippen molar-refractivity contribution in [3.8, 4) is 0 Å². The number of hydrogen-bond acceptors (Lipinski definition) is 2. The molecule has 2 aromatic carbocycles. The molecule has 0 aliphatic rings. The van der Waals surface area contributed by atoms with Crippen molar-refractivity contribution in [1.29, 1.82) is 0 Å². The number of nitrogens with one attached hydrogen (secondary N) is 1. The highest BCUT2D eigenvalue weighted by Gasteiger charge is 2.10. The van der Waals surface area contributed by atoms with Gasteiger partial charge in [0.25, 0.3) is 5.91 Å². The Morgan fingerprint density at radius 3 is 2.50 bits per heavy atom. The topological polar surface area (TPSA) is 55.1 Å². The summed E-state index contributed by atoms with van der Waals surface area (Å²) in [6, 6.07) is 8.77. The summed E-state index contributed by atoms with van der Waals surface area (Å²) in [5.74, 6) is -0.223. The van der Waals surface area contributed by atoms with Crippen LogP contribution in [0.1, 0.15) is 21.5 Å². The van der Waals surface area contributed by atoms with Gasteiger partial charge in [0.2, 0.25) is 0 Å². The molecule has 0 unspecified atom stereocenters. The van der Waals surface area contributed by atoms with Gasteiger partial charge >= 0.3 is 0 Å². The monoisotopic (exact) mass is 352 g/mol. The van der Waals surface area contributed by atoms with Crippen molar-refractivity contribution in [1.82, 2.24) is 0 Å². The Balaban J connectivity index is 2.30. The van der Waals surface area contributed by atoms with E-state index in [9.17, 15) is 4.79 Å². The molecule has 0 spiro atoms. The van der Waals surface area contributed by atoms with Gasteiger partial charge in [-0.25, -0.2) is 0 Å². The smallest absolute Gasteiger partial charge is 0.255 e. The lowest BCUT2D eigenvalue weighted by atomic mass is 10.1. The molecular formula is C15H14BrClN2O. The van der Waals surface area contributed by atoms with Crippen molar-refractivity contribution in [2.45, 2.75) is 13.8 Å². The van der Waals surface area contributed by atoms with Crippen molar-refractivity contribution in [3.63, 3.8) is 0 Å². The third kappa shape index (κ3) is 3.32. The molecule has 0 bridgehead atoms. The maximum atomic E-state index is 12.2. The minimum atomic E-state index is -0.223. The van der Waals surface area contributed by atoms with E-state index in [0.717, 1.165) is 15.6 Å². The van der Waals surface area contributed by atoms with Gasteiger partial charge in [-0.1, -0.05) is 33.6 Å². The Morgan fingerprint density at radius 2 is 1.85 bits per heavy atom. The van der Waals surface area contributed by atoms with E-state index >= 15 is 0 Å². The van der Waals surface area contributed by atoms with Crippen LogP contribution in [0, 0.1) is 13.8 Å². The number of aryl methyl sites for hydroxylation is 2. The van der Waals surface area contributed by atoms with E-state index in [2.05, 4.69) is 21.2 Å². The van der Waals surface area contributed by atoms with E-state index in [4.69, 9.17) is 17.3 Å². The highest BCUT2D eigenvalue weighted by molar-refractivity contribution is 9.10. The van der Waals surface area contributed by atoms with E-state index in [1.807, 2.05) is 19.9 Å². The molecule has 2 aromatic rings. The van der Waals surface area contributed by atoms with Crippen LogP contribution < -0.4 is 11.1 Å². The van der Waals surface area contributed by atoms with Crippen LogP contribution in [-0.4, -0.2) is 5.91 Å². The van der Waals surface area contributed by atoms with Gasteiger partial charge in [0, 0.05) is 26.4 Å². The summed E-state index contributed by atoms with van der Waals surface area (Å²) >= 11 is 9.26. The molecule has 0 saturated carbocycles. The molecule has 3 N–H and O–H groups in total. The number of nitrogens with two attached hydrogens (primary N) is 1. The number of halogens is 2. The maximum Gasteiger partial charge on any atom is 0.255 e. The quantitative estimate of drug-likeness (QED) is 0.778. The largest absolute Gasteiger partial charge is 0.398 e. The average Bonchev–Trinajstić information content (AvgIpc) is 2.34. The van der Waals surface area contributed by atoms with E-state index in [1.54, 1.807) is 24.3 Å². The van der Waals surface area contributed by atoms with Crippen LogP contribution >= 0.6 is 27.5 Å². The van der Waals surface area contributed by atoms with Gasteiger partial charge < -0.3 is 11.1 Å². The molecule has 104 valence electrons. The summed E-state index contributed by atoms with van der Waals surface area (Å²) in [5, 5.41) is 3.35. The number of carbonyl (C=O) groups excluding carboxylic acids is 1. The predicted molar refractivity (Wildman–Crippen MR) is 87.4 cm³/mol. The van der Waals surface area contributed by atoms with Crippen molar-refractivity contribution < 1.29 is 4.79 Å². The first-order valence-corrected chi connectivity index (χ1v) is 7.18. The number of hydrogen-bond donors (Lipinski definition) is 2. The fourth-order valence-corrected chi connectivity index (χ4v) is 2.74. The van der Waals surface area contributed by atoms with E-state index in [1.165, 1.54) is 0 Å². The fraction of sp³-hybridized carbons (Fsp3) is 0.133. The number of benzene rings is 2. The highest BCUT2D eigenvalue weighted by atomic mass is 79.9. The maximum absolute atomic E-state index is 12.2. The van der Waals surface area contributed by atoms with Gasteiger partial charge in [0.15, 0.2) is 0 Å². The lowest BCUT2D eigenvalue weighted by molar-refractivity contribution is 0.102. The van der Waals surface area contributed by atoms with E-state index < -0.39 is 0 Å². The zero-order valence-corrected chi connectivity index (χ0v) is 13.5. The Bertz CT molecular complexity index is 666. The number of carbonyl (C=O) groups is 1. The Hall–Kier alpha value is -1.52. The van der Waals surface area contributed by atoms with Gasteiger partial charge in [-0.15, -0.1) is 0 Å². The third-order valence-electron chi connectivity index (χ3n) is 2.99. The zero-order chi connectivity index (χ0) is 14.9. The van der Waals surface area contributed by atoms with Gasteiger partial charge in [-0.3, -0.25) is 4.79 Å². The van der Waals surface area contributed by atoms with Crippen LogP contribution in [0.2, 0.25) is 5.02 Å². The summed E-state index contributed by atoms with van der Waals surface area (Å²) in [6.45, 7) is 3.86. The van der Waals surface area contributed by atoms with Gasteiger partial charge in [-0.05, 0) is 49.2 Å². The summed E-state index contributed by atoms with van der Waals surface area (Å²) in [5.41, 5.74) is 9.67. The van der Waals surface area contributed by atoms with Crippen molar-refractivity contribution in [2.24, 2.45) is 0 Å². The standard InChI is InChI=1S/C15H14BrClN2O/c1-8-3-9(2)14(7-13(8)18)19-15(20)10-4-11(16)6-12(17)5-10/h3-7H,18H2,1-2H3,(H,19,20). The van der Waals surface area contributed by atoms with Crippen LogP contribution in [0.5, 0.6) is 0 Å². The molecule has 20 heavy (non-hydrogen) atoms. The van der Waals surface area contributed by atoms with Crippen molar-refractivity contribution in [3.05, 3.63) is 56.5 Å². The van der Waals surface area contributed by atoms with Crippen LogP contribution in [0.25, 0.3) is 0 Å². The molecule has 1 amide bonds. The minimum Gasteiger partial charge on any atom is -0.398 e. The molecule has 0 aliphatic heterocycles. The summed E-state index contributed by atoms with van der Waals surface area (Å²) in [4.78, 5) is 12.2. The first kappa shape index (κ1) is 14.9. The summed E-state index contributed by atoms with van der Waals surface area (Å²) in [7, 11) is 0. The minimum absolute atomic E-state index is 0.223. The molecule has 2 rings (SSSR count). The second kappa shape index (κ2) is 5.85. The molecule has 0 aromatic heterocycles. The lowest BCUT2D eigenvalue weighted by Gasteiger charge is -2.11. The molecule has 0 radical (unpaired) electrons. The first-order chi connectivity index (χ1) is 9.36. The molecule has 0 heterocycles. The fourth-order valence-electron chi connectivity index (χ4n) is 1.88. The Labute approximate surface area is 131 Å². The average molecular weight is 354 g/mol. The highest BCUT2D eigenvalue weighted by Crippen LogP contribution is 2.24. The molecule has 5 heteroatoms. The normalized spacial score (nSPS) is 10.4. The van der Waals surface area contributed by atoms with Crippen LogP contribution in [0.15, 0.2) is 34.8 Å². The third-order valence-corrected chi connectivity index (χ3v) is 3.66. The molecular weight excluding hydrogens is 340 g/mol. The van der Waals surface area contributed by atoms with Gasteiger partial charge in [0.1, 0.15) is 0 Å². The Kier molecular flexibility index (Phi) is 4.35. The lowest BCUT2D eigenvalue weighted by Crippen LogP contribution is -2.13. The van der Waals surface area contributed by atoms with E-state index in [-0.39, 0.29) is 5.91 Å². The van der Waals surface area contributed by atoms with Crippen LogP contribution in [0.3, 0.4) is 0 Å². The number of amides is 1. The SMILES string of the molecule is Cc1cc(C)c(NC(=O)c2cc(Cl)cc(Br)c2)cc1N. The van der Waals surface area contributed by atoms with Gasteiger partial charge in [-0.2, -0.15) is 0 Å². The predicted octanol–water partition coefficient (Wildman–Crippen LogP) is 4.55. The molecule has 0 fully saturated rings. The number of rotatable bonds is 2. The molecule has 3 nitrogen and oxygen atoms in total. The molecule has 0 atom stereocenters. The van der Waals surface area contributed by atoms with Crippen LogP contribution in [-0.2, 0) is 0 Å². The van der Waals surface area contributed by atoms with E-state index in [0.29, 0.717) is 22.0 Å². The second-order valence-corrected chi connectivity index (χ2v) is 5.99. The first-order valence-electron chi connectivity index (χ1n) is 6.01. The zero-order valence-electron chi connectivity index (χ0n) is 11.1. The molecule has 0 aliphatic carbocycles. The Morgan fingerprint density at radius 1 is 1.15 bits per heavy atom. The van der Waals surface area contributed by atoms with Crippen LogP contribution in [0.4, 0.5) is 11.4 Å².